The predicted octanol–water partition coefficient (Wildman–Crippen LogP) is 4.40. The fourth-order valence-corrected chi connectivity index (χ4v) is 3.63. The van der Waals surface area contributed by atoms with Gasteiger partial charge >= 0.3 is 0 Å². The third-order valence-corrected chi connectivity index (χ3v) is 5.37. The van der Waals surface area contributed by atoms with Crippen molar-refractivity contribution < 1.29 is 19.0 Å². The van der Waals surface area contributed by atoms with Crippen LogP contribution in [0.3, 0.4) is 0 Å². The van der Waals surface area contributed by atoms with E-state index >= 15 is 0 Å². The lowest BCUT2D eigenvalue weighted by molar-refractivity contribution is 0.0984. The standard InChI is InChI=1S/C26H24N2O5/c1-31-21-9-6-8-20(14-21)28(26(30)18-12-22(32-2)15-23(13-18)33-3)16-19-11-17-7-4-5-10-24(17)27-25(19)29/h4-15H,16H2,1-3H3,(H,27,29). The number of rotatable bonds is 7. The highest BCUT2D eigenvalue weighted by atomic mass is 16.5. The number of carbonyl (C=O) groups excluding carboxylic acids is 1. The van der Waals surface area contributed by atoms with E-state index in [2.05, 4.69) is 4.98 Å². The van der Waals surface area contributed by atoms with Crippen molar-refractivity contribution >= 4 is 22.5 Å². The van der Waals surface area contributed by atoms with E-state index < -0.39 is 0 Å². The largest absolute Gasteiger partial charge is 0.497 e. The first-order valence-corrected chi connectivity index (χ1v) is 10.3. The third-order valence-electron chi connectivity index (χ3n) is 5.37. The molecule has 0 bridgehead atoms. The van der Waals surface area contributed by atoms with Gasteiger partial charge in [-0.05, 0) is 41.8 Å². The van der Waals surface area contributed by atoms with Crippen LogP contribution >= 0.6 is 0 Å². The molecule has 7 heteroatoms. The molecule has 33 heavy (non-hydrogen) atoms. The Morgan fingerprint density at radius 1 is 0.818 bits per heavy atom. The van der Waals surface area contributed by atoms with Crippen LogP contribution in [0.1, 0.15) is 15.9 Å². The van der Waals surface area contributed by atoms with Gasteiger partial charge in [0.25, 0.3) is 11.5 Å². The molecule has 3 aromatic carbocycles. The van der Waals surface area contributed by atoms with Crippen molar-refractivity contribution in [2.45, 2.75) is 6.54 Å². The third kappa shape index (κ3) is 4.67. The van der Waals surface area contributed by atoms with Crippen molar-refractivity contribution in [2.24, 2.45) is 0 Å². The maximum absolute atomic E-state index is 13.7. The summed E-state index contributed by atoms with van der Waals surface area (Å²) in [5.74, 6) is 1.27. The van der Waals surface area contributed by atoms with Crippen LogP contribution in [-0.4, -0.2) is 32.2 Å². The van der Waals surface area contributed by atoms with Gasteiger partial charge in [-0.25, -0.2) is 0 Å². The summed E-state index contributed by atoms with van der Waals surface area (Å²) in [6, 6.07) is 21.4. The number of carbonyl (C=O) groups is 1. The maximum atomic E-state index is 13.7. The van der Waals surface area contributed by atoms with Gasteiger partial charge in [0.05, 0.1) is 27.9 Å². The van der Waals surface area contributed by atoms with E-state index in [1.165, 1.54) is 19.1 Å². The molecule has 0 aliphatic carbocycles. The van der Waals surface area contributed by atoms with Gasteiger partial charge in [-0.15, -0.1) is 0 Å². The Hall–Kier alpha value is -4.26. The highest BCUT2D eigenvalue weighted by Crippen LogP contribution is 2.28. The summed E-state index contributed by atoms with van der Waals surface area (Å²) in [6.07, 6.45) is 0. The Morgan fingerprint density at radius 2 is 1.52 bits per heavy atom. The zero-order chi connectivity index (χ0) is 23.4. The molecule has 4 rings (SSSR count). The molecule has 0 spiro atoms. The van der Waals surface area contributed by atoms with Gasteiger partial charge < -0.3 is 24.1 Å². The Morgan fingerprint density at radius 3 is 2.21 bits per heavy atom. The Kier molecular flexibility index (Phi) is 6.31. The lowest BCUT2D eigenvalue weighted by Crippen LogP contribution is -2.33. The molecular formula is C26H24N2O5. The lowest BCUT2D eigenvalue weighted by atomic mass is 10.1. The Balaban J connectivity index is 1.81. The van der Waals surface area contributed by atoms with E-state index in [0.29, 0.717) is 34.1 Å². The summed E-state index contributed by atoms with van der Waals surface area (Å²) in [5.41, 5.74) is 1.90. The Bertz CT molecular complexity index is 1340. The summed E-state index contributed by atoms with van der Waals surface area (Å²) in [5, 5.41) is 0.883. The van der Waals surface area contributed by atoms with Crippen LogP contribution in [0.4, 0.5) is 5.69 Å². The number of pyridine rings is 1. The van der Waals surface area contributed by atoms with Crippen molar-refractivity contribution in [2.75, 3.05) is 26.2 Å². The van der Waals surface area contributed by atoms with Crippen molar-refractivity contribution in [3.8, 4) is 17.2 Å². The van der Waals surface area contributed by atoms with Crippen LogP contribution in [0.25, 0.3) is 10.9 Å². The number of hydrogen-bond donors (Lipinski definition) is 1. The van der Waals surface area contributed by atoms with Crippen LogP contribution in [0.5, 0.6) is 17.2 Å². The maximum Gasteiger partial charge on any atom is 0.258 e. The topological polar surface area (TPSA) is 80.9 Å². The van der Waals surface area contributed by atoms with Crippen LogP contribution < -0.4 is 24.7 Å². The number of anilines is 1. The molecule has 1 N–H and O–H groups in total. The number of amides is 1. The molecule has 0 atom stereocenters. The number of fused-ring (bicyclic) bond motifs is 1. The first-order chi connectivity index (χ1) is 16.0. The van der Waals surface area contributed by atoms with Gasteiger partial charge in [0.15, 0.2) is 0 Å². The van der Waals surface area contributed by atoms with E-state index in [1.807, 2.05) is 24.3 Å². The number of para-hydroxylation sites is 1. The Labute approximate surface area is 191 Å². The number of methoxy groups -OCH3 is 3. The van der Waals surface area contributed by atoms with Gasteiger partial charge in [-0.2, -0.15) is 0 Å². The van der Waals surface area contributed by atoms with Gasteiger partial charge in [-0.3, -0.25) is 9.59 Å². The fourth-order valence-electron chi connectivity index (χ4n) is 3.63. The van der Waals surface area contributed by atoms with Gasteiger partial charge in [-0.1, -0.05) is 24.3 Å². The molecule has 0 unspecified atom stereocenters. The average Bonchev–Trinajstić information content (AvgIpc) is 2.86. The summed E-state index contributed by atoms with van der Waals surface area (Å²) in [6.45, 7) is 0.0612. The molecule has 1 aromatic heterocycles. The van der Waals surface area contributed by atoms with Gasteiger partial charge in [0.2, 0.25) is 0 Å². The number of aromatic nitrogens is 1. The second-order valence-corrected chi connectivity index (χ2v) is 7.41. The zero-order valence-corrected chi connectivity index (χ0v) is 18.6. The first-order valence-electron chi connectivity index (χ1n) is 10.3. The van der Waals surface area contributed by atoms with Crippen LogP contribution in [-0.2, 0) is 6.54 Å². The zero-order valence-electron chi connectivity index (χ0n) is 18.6. The number of nitrogens with one attached hydrogen (secondary N) is 1. The summed E-state index contributed by atoms with van der Waals surface area (Å²) < 4.78 is 16.0. The minimum absolute atomic E-state index is 0.0612. The molecule has 4 aromatic rings. The SMILES string of the molecule is COc1cc(OC)cc(C(=O)N(Cc2cc3ccccc3[nH]c2=O)c2cccc(OC)c2)c1. The first kappa shape index (κ1) is 22.0. The summed E-state index contributed by atoms with van der Waals surface area (Å²) >= 11 is 0. The molecule has 0 fully saturated rings. The number of hydrogen-bond acceptors (Lipinski definition) is 5. The van der Waals surface area contributed by atoms with E-state index in [9.17, 15) is 9.59 Å². The molecular weight excluding hydrogens is 420 g/mol. The van der Waals surface area contributed by atoms with Crippen molar-refractivity contribution in [1.29, 1.82) is 0 Å². The highest BCUT2D eigenvalue weighted by molar-refractivity contribution is 6.06. The molecule has 0 radical (unpaired) electrons. The number of nitrogens with zero attached hydrogens (tertiary/aromatic N) is 1. The number of H-pyrrole nitrogens is 1. The van der Waals surface area contributed by atoms with Gasteiger partial charge in [0, 0.05) is 34.5 Å². The normalized spacial score (nSPS) is 10.6. The van der Waals surface area contributed by atoms with Crippen LogP contribution in [0.15, 0.2) is 77.6 Å². The lowest BCUT2D eigenvalue weighted by Gasteiger charge is -2.24. The molecule has 0 saturated carbocycles. The summed E-state index contributed by atoms with van der Waals surface area (Å²) in [4.78, 5) is 31.0. The minimum Gasteiger partial charge on any atom is -0.497 e. The fraction of sp³-hybridized carbons (Fsp3) is 0.154. The predicted molar refractivity (Wildman–Crippen MR) is 128 cm³/mol. The second kappa shape index (κ2) is 9.48. The molecule has 0 saturated heterocycles. The molecule has 7 nitrogen and oxygen atoms in total. The average molecular weight is 444 g/mol. The molecule has 168 valence electrons. The summed E-state index contributed by atoms with van der Waals surface area (Å²) in [7, 11) is 4.61. The van der Waals surface area contributed by atoms with Gasteiger partial charge in [0.1, 0.15) is 17.2 Å². The number of benzene rings is 3. The van der Waals surface area contributed by atoms with Crippen LogP contribution in [0, 0.1) is 0 Å². The monoisotopic (exact) mass is 444 g/mol. The van der Waals surface area contributed by atoms with E-state index in [-0.39, 0.29) is 18.0 Å². The van der Waals surface area contributed by atoms with Crippen molar-refractivity contribution in [3.05, 3.63) is 94.3 Å². The number of aromatic amines is 1. The number of ether oxygens (including phenoxy) is 3. The van der Waals surface area contributed by atoms with E-state index in [1.54, 1.807) is 55.6 Å². The molecule has 1 heterocycles. The quantitative estimate of drug-likeness (QED) is 0.457. The minimum atomic E-state index is -0.312. The van der Waals surface area contributed by atoms with Crippen molar-refractivity contribution in [3.63, 3.8) is 0 Å². The second-order valence-electron chi connectivity index (χ2n) is 7.41. The van der Waals surface area contributed by atoms with Crippen LogP contribution in [0.2, 0.25) is 0 Å². The molecule has 1 amide bonds. The molecule has 0 aliphatic heterocycles. The highest BCUT2D eigenvalue weighted by Gasteiger charge is 2.22. The van der Waals surface area contributed by atoms with E-state index in [4.69, 9.17) is 14.2 Å². The smallest absolute Gasteiger partial charge is 0.258 e. The molecule has 0 aliphatic rings. The van der Waals surface area contributed by atoms with Crippen molar-refractivity contribution in [1.82, 2.24) is 4.98 Å². The van der Waals surface area contributed by atoms with E-state index in [0.717, 1.165) is 10.9 Å².